The summed E-state index contributed by atoms with van der Waals surface area (Å²) in [6, 6.07) is 8.24. The lowest BCUT2D eigenvalue weighted by Crippen LogP contribution is -2.31. The van der Waals surface area contributed by atoms with Crippen LogP contribution in [0.4, 0.5) is 0 Å². The Hall–Kier alpha value is -1.48. The Morgan fingerprint density at radius 3 is 2.59 bits per heavy atom. The fourth-order valence-electron chi connectivity index (χ4n) is 2.31. The maximum absolute atomic E-state index is 6.23. The van der Waals surface area contributed by atoms with Crippen LogP contribution < -0.4 is 10.5 Å². The molecule has 3 heteroatoms. The number of methoxy groups -OCH3 is 1. The summed E-state index contributed by atoms with van der Waals surface area (Å²) in [5.41, 5.74) is 8.20. The van der Waals surface area contributed by atoms with Gasteiger partial charge in [0, 0.05) is 17.6 Å². The number of aryl methyl sites for hydroxylation is 1. The average molecular weight is 232 g/mol. The van der Waals surface area contributed by atoms with Gasteiger partial charge in [0.25, 0.3) is 0 Å². The van der Waals surface area contributed by atoms with Crippen molar-refractivity contribution >= 4 is 10.9 Å². The molecule has 0 fully saturated rings. The minimum atomic E-state index is -0.347. The van der Waals surface area contributed by atoms with Crippen LogP contribution in [-0.2, 0) is 12.1 Å². The molecule has 0 aliphatic carbocycles. The molecule has 92 valence electrons. The Balaban J connectivity index is 2.79. The lowest BCUT2D eigenvalue weighted by atomic mass is 10.0. The van der Waals surface area contributed by atoms with Crippen LogP contribution in [0.3, 0.4) is 0 Å². The van der Waals surface area contributed by atoms with Gasteiger partial charge in [0.1, 0.15) is 5.75 Å². The first-order valence-electron chi connectivity index (χ1n) is 5.94. The second-order valence-corrected chi connectivity index (χ2v) is 4.89. The second-order valence-electron chi connectivity index (χ2n) is 4.89. The van der Waals surface area contributed by atoms with Crippen LogP contribution >= 0.6 is 0 Å². The van der Waals surface area contributed by atoms with E-state index >= 15 is 0 Å². The van der Waals surface area contributed by atoms with Crippen molar-refractivity contribution in [1.29, 1.82) is 0 Å². The van der Waals surface area contributed by atoms with Crippen LogP contribution in [-0.4, -0.2) is 11.7 Å². The van der Waals surface area contributed by atoms with Gasteiger partial charge in [0.05, 0.1) is 18.2 Å². The van der Waals surface area contributed by atoms with Crippen molar-refractivity contribution in [3.05, 3.63) is 30.0 Å². The van der Waals surface area contributed by atoms with Crippen molar-refractivity contribution in [2.45, 2.75) is 32.9 Å². The number of fused-ring (bicyclic) bond motifs is 1. The summed E-state index contributed by atoms with van der Waals surface area (Å²) in [6.45, 7) is 7.10. The minimum absolute atomic E-state index is 0.347. The summed E-state index contributed by atoms with van der Waals surface area (Å²) in [7, 11) is 1.70. The number of nitrogens with two attached hydrogens (primary N) is 1. The highest BCUT2D eigenvalue weighted by Gasteiger charge is 2.21. The molecule has 1 aromatic heterocycles. The predicted molar refractivity (Wildman–Crippen MR) is 71.4 cm³/mol. The van der Waals surface area contributed by atoms with Gasteiger partial charge in [-0.15, -0.1) is 0 Å². The van der Waals surface area contributed by atoms with Crippen molar-refractivity contribution in [3.63, 3.8) is 0 Å². The van der Waals surface area contributed by atoms with Crippen molar-refractivity contribution in [3.8, 4) is 5.75 Å². The highest BCUT2D eigenvalue weighted by Crippen LogP contribution is 2.32. The molecule has 0 unspecified atom stereocenters. The smallest absolute Gasteiger partial charge is 0.128 e. The third-order valence-electron chi connectivity index (χ3n) is 3.10. The van der Waals surface area contributed by atoms with E-state index in [4.69, 9.17) is 10.5 Å². The molecule has 0 saturated heterocycles. The van der Waals surface area contributed by atoms with Crippen LogP contribution in [0, 0.1) is 0 Å². The van der Waals surface area contributed by atoms with Gasteiger partial charge in [-0.3, -0.25) is 0 Å². The Labute approximate surface area is 102 Å². The van der Waals surface area contributed by atoms with E-state index < -0.39 is 0 Å². The zero-order chi connectivity index (χ0) is 12.6. The van der Waals surface area contributed by atoms with Crippen LogP contribution in [0.2, 0.25) is 0 Å². The Morgan fingerprint density at radius 2 is 2.06 bits per heavy atom. The van der Waals surface area contributed by atoms with E-state index in [2.05, 4.69) is 23.6 Å². The number of hydrogen-bond acceptors (Lipinski definition) is 2. The van der Waals surface area contributed by atoms with E-state index in [1.807, 2.05) is 26.0 Å². The molecule has 17 heavy (non-hydrogen) atoms. The lowest BCUT2D eigenvalue weighted by Gasteiger charge is -2.21. The fourth-order valence-corrected chi connectivity index (χ4v) is 2.31. The number of benzene rings is 1. The first-order chi connectivity index (χ1) is 7.99. The molecule has 0 atom stereocenters. The molecule has 1 heterocycles. The third kappa shape index (κ3) is 1.91. The predicted octanol–water partition coefficient (Wildman–Crippen LogP) is 2.86. The molecule has 0 saturated carbocycles. The highest BCUT2D eigenvalue weighted by atomic mass is 16.5. The summed E-state index contributed by atoms with van der Waals surface area (Å²) in [4.78, 5) is 0. The standard InChI is InChI=1S/C14H20N2O/c1-5-16-11-7-6-8-12(17-4)10(11)9-13(16)14(2,3)15/h6-9H,5,15H2,1-4H3. The number of nitrogens with zero attached hydrogens (tertiary/aromatic N) is 1. The molecule has 2 aromatic rings. The number of hydrogen-bond donors (Lipinski definition) is 1. The average Bonchev–Trinajstić information content (AvgIpc) is 2.66. The van der Waals surface area contributed by atoms with Crippen LogP contribution in [0.15, 0.2) is 24.3 Å². The Morgan fingerprint density at radius 1 is 1.35 bits per heavy atom. The normalized spacial score (nSPS) is 12.1. The fraction of sp³-hybridized carbons (Fsp3) is 0.429. The van der Waals surface area contributed by atoms with Gasteiger partial charge in [-0.1, -0.05) is 6.07 Å². The zero-order valence-electron chi connectivity index (χ0n) is 10.9. The van der Waals surface area contributed by atoms with Gasteiger partial charge >= 0.3 is 0 Å². The monoisotopic (exact) mass is 232 g/mol. The molecule has 0 spiro atoms. The van der Waals surface area contributed by atoms with Gasteiger partial charge in [-0.2, -0.15) is 0 Å². The van der Waals surface area contributed by atoms with Crippen LogP contribution in [0.25, 0.3) is 10.9 Å². The zero-order valence-corrected chi connectivity index (χ0v) is 10.9. The Bertz CT molecular complexity index is 535. The van der Waals surface area contributed by atoms with E-state index in [9.17, 15) is 0 Å². The third-order valence-corrected chi connectivity index (χ3v) is 3.10. The first kappa shape index (κ1) is 12.0. The second kappa shape index (κ2) is 4.08. The molecule has 0 bridgehead atoms. The molecular weight excluding hydrogens is 212 g/mol. The molecule has 0 aliphatic heterocycles. The number of rotatable bonds is 3. The largest absolute Gasteiger partial charge is 0.496 e. The van der Waals surface area contributed by atoms with E-state index in [0.29, 0.717) is 0 Å². The van der Waals surface area contributed by atoms with Crippen LogP contribution in [0.1, 0.15) is 26.5 Å². The van der Waals surface area contributed by atoms with Crippen LogP contribution in [0.5, 0.6) is 5.75 Å². The summed E-state index contributed by atoms with van der Waals surface area (Å²) >= 11 is 0. The van der Waals surface area contributed by atoms with Crippen molar-refractivity contribution in [2.24, 2.45) is 5.73 Å². The summed E-state index contributed by atoms with van der Waals surface area (Å²) in [6.07, 6.45) is 0. The molecular formula is C14H20N2O. The Kier molecular flexibility index (Phi) is 2.87. The topological polar surface area (TPSA) is 40.2 Å². The molecule has 0 radical (unpaired) electrons. The van der Waals surface area contributed by atoms with Gasteiger partial charge in [-0.05, 0) is 39.0 Å². The number of aromatic nitrogens is 1. The minimum Gasteiger partial charge on any atom is -0.496 e. The van der Waals surface area contributed by atoms with E-state index in [0.717, 1.165) is 23.4 Å². The van der Waals surface area contributed by atoms with Gasteiger partial charge in [0.2, 0.25) is 0 Å². The highest BCUT2D eigenvalue weighted by molar-refractivity contribution is 5.87. The van der Waals surface area contributed by atoms with Crippen molar-refractivity contribution in [2.75, 3.05) is 7.11 Å². The van der Waals surface area contributed by atoms with Crippen molar-refractivity contribution < 1.29 is 4.74 Å². The molecule has 3 nitrogen and oxygen atoms in total. The maximum Gasteiger partial charge on any atom is 0.128 e. The summed E-state index contributed by atoms with van der Waals surface area (Å²) in [5, 5.41) is 1.13. The van der Waals surface area contributed by atoms with E-state index in [1.54, 1.807) is 7.11 Å². The lowest BCUT2D eigenvalue weighted by molar-refractivity contribution is 0.420. The first-order valence-corrected chi connectivity index (χ1v) is 5.94. The summed E-state index contributed by atoms with van der Waals surface area (Å²) in [5.74, 6) is 0.903. The van der Waals surface area contributed by atoms with Gasteiger partial charge in [0.15, 0.2) is 0 Å². The molecule has 1 aromatic carbocycles. The molecule has 0 aliphatic rings. The quantitative estimate of drug-likeness (QED) is 0.884. The van der Waals surface area contributed by atoms with E-state index in [1.165, 1.54) is 5.52 Å². The maximum atomic E-state index is 6.23. The summed E-state index contributed by atoms with van der Waals surface area (Å²) < 4.78 is 7.65. The molecule has 2 rings (SSSR count). The van der Waals surface area contributed by atoms with Gasteiger partial charge < -0.3 is 15.0 Å². The van der Waals surface area contributed by atoms with E-state index in [-0.39, 0.29) is 5.54 Å². The molecule has 0 amide bonds. The number of ether oxygens (including phenoxy) is 1. The molecule has 2 N–H and O–H groups in total. The van der Waals surface area contributed by atoms with Crippen molar-refractivity contribution in [1.82, 2.24) is 4.57 Å². The van der Waals surface area contributed by atoms with Gasteiger partial charge in [-0.25, -0.2) is 0 Å². The SMILES string of the molecule is CCn1c(C(C)(C)N)cc2c(OC)cccc21.